The average Bonchev–Trinajstić information content (AvgIpc) is 2.26. The molecule has 0 aliphatic carbocycles. The zero-order valence-corrected chi connectivity index (χ0v) is 10.2. The Hall–Kier alpha value is -1.26. The smallest absolute Gasteiger partial charge is 0.136 e. The number of hydrogen-bond acceptors (Lipinski definition) is 4. The van der Waals surface area contributed by atoms with Crippen molar-refractivity contribution in [1.82, 2.24) is 0 Å². The molecule has 6 heteroatoms. The van der Waals surface area contributed by atoms with Crippen LogP contribution in [0.15, 0.2) is 28.5 Å². The van der Waals surface area contributed by atoms with Gasteiger partial charge in [-0.05, 0) is 25.1 Å². The van der Waals surface area contributed by atoms with Gasteiger partial charge in [0.1, 0.15) is 18.5 Å². The Balaban J connectivity index is 3.28. The highest BCUT2D eigenvalue weighted by Gasteiger charge is 2.13. The van der Waals surface area contributed by atoms with E-state index < -0.39 is 0 Å². The van der Waals surface area contributed by atoms with Crippen molar-refractivity contribution in [3.8, 4) is 0 Å². The Morgan fingerprint density at radius 2 is 2.06 bits per heavy atom. The Labute approximate surface area is 103 Å². The lowest BCUT2D eigenvalue weighted by molar-refractivity contribution is 0.214. The average molecular weight is 261 g/mol. The molecule has 86 valence electrons. The molecule has 0 amide bonds. The van der Waals surface area contributed by atoms with Crippen molar-refractivity contribution in [3.05, 3.63) is 33.8 Å². The number of halogens is 2. The molecule has 0 aliphatic rings. The zero-order chi connectivity index (χ0) is 12.1. The van der Waals surface area contributed by atoms with E-state index >= 15 is 0 Å². The van der Waals surface area contributed by atoms with E-state index in [2.05, 4.69) is 15.1 Å². The third-order valence-electron chi connectivity index (χ3n) is 1.86. The molecule has 16 heavy (non-hydrogen) atoms. The van der Waals surface area contributed by atoms with Gasteiger partial charge in [-0.15, -0.1) is 0 Å². The highest BCUT2D eigenvalue weighted by molar-refractivity contribution is 6.50. The summed E-state index contributed by atoms with van der Waals surface area (Å²) in [5, 5.41) is 16.5. The molecule has 1 aromatic carbocycles. The van der Waals surface area contributed by atoms with Gasteiger partial charge in [-0.2, -0.15) is 0 Å². The number of benzene rings is 1. The summed E-state index contributed by atoms with van der Waals surface area (Å²) in [6.07, 6.45) is 0. The van der Waals surface area contributed by atoms with Gasteiger partial charge >= 0.3 is 0 Å². The van der Waals surface area contributed by atoms with Crippen LogP contribution in [-0.4, -0.2) is 23.7 Å². The molecule has 0 heterocycles. The normalized spacial score (nSPS) is 12.8. The van der Waals surface area contributed by atoms with E-state index in [0.29, 0.717) is 27.0 Å². The first-order valence-electron chi connectivity index (χ1n) is 4.35. The van der Waals surface area contributed by atoms with Crippen LogP contribution < -0.4 is 0 Å². The van der Waals surface area contributed by atoms with Crippen molar-refractivity contribution in [1.29, 1.82) is 0 Å². The van der Waals surface area contributed by atoms with Gasteiger partial charge in [0.2, 0.25) is 0 Å². The topological polar surface area (TPSA) is 54.2 Å². The molecule has 0 aliphatic heterocycles. The van der Waals surface area contributed by atoms with Crippen LogP contribution in [0.25, 0.3) is 0 Å². The van der Waals surface area contributed by atoms with E-state index in [0.717, 1.165) is 0 Å². The lowest BCUT2D eigenvalue weighted by atomic mass is 10.1. The SMILES string of the molecule is CON=C(C(C)=NO)c1ccc(Cl)cc1Cl. The lowest BCUT2D eigenvalue weighted by Crippen LogP contribution is -2.13. The molecule has 0 aromatic heterocycles. The Kier molecular flexibility index (Phi) is 4.58. The summed E-state index contributed by atoms with van der Waals surface area (Å²) in [6.45, 7) is 1.59. The van der Waals surface area contributed by atoms with Crippen molar-refractivity contribution in [2.75, 3.05) is 7.11 Å². The minimum Gasteiger partial charge on any atom is -0.411 e. The summed E-state index contributed by atoms with van der Waals surface area (Å²) in [4.78, 5) is 4.67. The summed E-state index contributed by atoms with van der Waals surface area (Å²) in [5.41, 5.74) is 1.24. The summed E-state index contributed by atoms with van der Waals surface area (Å²) < 4.78 is 0. The molecule has 1 aromatic rings. The third kappa shape index (κ3) is 2.87. The van der Waals surface area contributed by atoms with Gasteiger partial charge in [-0.1, -0.05) is 33.5 Å². The second kappa shape index (κ2) is 5.72. The minimum atomic E-state index is 0.297. The summed E-state index contributed by atoms with van der Waals surface area (Å²) in [5.74, 6) is 0. The van der Waals surface area contributed by atoms with E-state index in [1.54, 1.807) is 25.1 Å². The maximum atomic E-state index is 8.72. The molecular formula is C10H10Cl2N2O2. The van der Waals surface area contributed by atoms with Crippen LogP contribution in [0, 0.1) is 0 Å². The van der Waals surface area contributed by atoms with Crippen LogP contribution in [-0.2, 0) is 4.84 Å². The summed E-state index contributed by atoms with van der Waals surface area (Å²) >= 11 is 11.8. The van der Waals surface area contributed by atoms with Crippen molar-refractivity contribution in [3.63, 3.8) is 0 Å². The standard InChI is InChI=1S/C10H10Cl2N2O2/c1-6(13-15)10(14-16-2)8-4-3-7(11)5-9(8)12/h3-5,15H,1-2H3. The van der Waals surface area contributed by atoms with Gasteiger partial charge in [-0.3, -0.25) is 0 Å². The van der Waals surface area contributed by atoms with Crippen LogP contribution in [0.5, 0.6) is 0 Å². The molecule has 0 unspecified atom stereocenters. The molecule has 1 rings (SSSR count). The van der Waals surface area contributed by atoms with E-state index in [4.69, 9.17) is 28.4 Å². The van der Waals surface area contributed by atoms with Gasteiger partial charge in [-0.25, -0.2) is 0 Å². The number of nitrogens with zero attached hydrogens (tertiary/aromatic N) is 2. The fraction of sp³-hybridized carbons (Fsp3) is 0.200. The van der Waals surface area contributed by atoms with E-state index in [-0.39, 0.29) is 0 Å². The van der Waals surface area contributed by atoms with Gasteiger partial charge in [0.25, 0.3) is 0 Å². The molecule has 0 spiro atoms. The molecule has 4 nitrogen and oxygen atoms in total. The fourth-order valence-electron chi connectivity index (χ4n) is 1.13. The monoisotopic (exact) mass is 260 g/mol. The van der Waals surface area contributed by atoms with Crippen molar-refractivity contribution >= 4 is 34.6 Å². The van der Waals surface area contributed by atoms with Gasteiger partial charge in [0.05, 0.1) is 5.02 Å². The molecule has 0 fully saturated rings. The highest BCUT2D eigenvalue weighted by Crippen LogP contribution is 2.22. The molecule has 0 bridgehead atoms. The number of oxime groups is 2. The molecule has 0 atom stereocenters. The van der Waals surface area contributed by atoms with Crippen molar-refractivity contribution in [2.45, 2.75) is 6.92 Å². The van der Waals surface area contributed by atoms with Crippen LogP contribution >= 0.6 is 23.2 Å². The molecule has 0 saturated heterocycles. The van der Waals surface area contributed by atoms with Gasteiger partial charge in [0, 0.05) is 10.6 Å². The zero-order valence-electron chi connectivity index (χ0n) is 8.74. The summed E-state index contributed by atoms with van der Waals surface area (Å²) in [7, 11) is 1.40. The first kappa shape index (κ1) is 12.8. The van der Waals surface area contributed by atoms with Crippen molar-refractivity contribution < 1.29 is 10.0 Å². The second-order valence-corrected chi connectivity index (χ2v) is 3.78. The van der Waals surface area contributed by atoms with Gasteiger partial charge < -0.3 is 10.0 Å². The fourth-order valence-corrected chi connectivity index (χ4v) is 1.63. The maximum Gasteiger partial charge on any atom is 0.136 e. The first-order chi connectivity index (χ1) is 7.60. The molecule has 0 saturated carbocycles. The first-order valence-corrected chi connectivity index (χ1v) is 5.11. The quantitative estimate of drug-likeness (QED) is 0.516. The van der Waals surface area contributed by atoms with Crippen LogP contribution in [0.2, 0.25) is 10.0 Å². The highest BCUT2D eigenvalue weighted by atomic mass is 35.5. The van der Waals surface area contributed by atoms with Crippen molar-refractivity contribution in [2.24, 2.45) is 10.3 Å². The Morgan fingerprint density at radius 3 is 2.56 bits per heavy atom. The predicted octanol–water partition coefficient (Wildman–Crippen LogP) is 3.19. The van der Waals surface area contributed by atoms with E-state index in [1.165, 1.54) is 7.11 Å². The lowest BCUT2D eigenvalue weighted by Gasteiger charge is -2.06. The number of rotatable bonds is 3. The van der Waals surface area contributed by atoms with E-state index in [9.17, 15) is 0 Å². The van der Waals surface area contributed by atoms with Crippen LogP contribution in [0.3, 0.4) is 0 Å². The Morgan fingerprint density at radius 1 is 1.38 bits per heavy atom. The molecule has 0 radical (unpaired) electrons. The largest absolute Gasteiger partial charge is 0.411 e. The third-order valence-corrected chi connectivity index (χ3v) is 2.41. The van der Waals surface area contributed by atoms with Crippen LogP contribution in [0.4, 0.5) is 0 Å². The minimum absolute atomic E-state index is 0.297. The van der Waals surface area contributed by atoms with E-state index in [1.807, 2.05) is 0 Å². The van der Waals surface area contributed by atoms with Gasteiger partial charge in [0.15, 0.2) is 0 Å². The predicted molar refractivity (Wildman–Crippen MR) is 64.9 cm³/mol. The maximum absolute atomic E-state index is 8.72. The summed E-state index contributed by atoms with van der Waals surface area (Å²) in [6, 6.07) is 4.92. The number of hydrogen-bond donors (Lipinski definition) is 1. The van der Waals surface area contributed by atoms with Crippen LogP contribution in [0.1, 0.15) is 12.5 Å². The molecule has 1 N–H and O–H groups in total. The molecular weight excluding hydrogens is 251 g/mol. The second-order valence-electron chi connectivity index (χ2n) is 2.93. The Bertz CT molecular complexity index is 444.